The van der Waals surface area contributed by atoms with E-state index in [1.165, 1.54) is 0 Å². The monoisotopic (exact) mass is 223 g/mol. The molecule has 1 aromatic heterocycles. The largest absolute Gasteiger partial charge is 0.497 e. The van der Waals surface area contributed by atoms with Crippen molar-refractivity contribution >= 4 is 41.3 Å². The number of aryl methyl sites for hydroxylation is 1. The molecule has 1 aromatic rings. The molecule has 0 atom stereocenters. The number of pyridine rings is 1. The summed E-state index contributed by atoms with van der Waals surface area (Å²) in [5.41, 5.74) is 1.21. The van der Waals surface area contributed by atoms with Crippen LogP contribution in [0.1, 0.15) is 11.3 Å². The number of hydrogen-bond donors (Lipinski definition) is 1. The first-order valence-corrected chi connectivity index (χ1v) is 3.75. The third kappa shape index (κ3) is 2.59. The number of thiocarbonyl (C=S) groups is 1. The molecule has 1 rings (SSSR count). The summed E-state index contributed by atoms with van der Waals surface area (Å²) in [4.78, 5) is 3.85. The van der Waals surface area contributed by atoms with Crippen LogP contribution in [0.4, 0.5) is 0 Å². The Morgan fingerprint density at radius 2 is 2.25 bits per heavy atom. The summed E-state index contributed by atoms with van der Waals surface area (Å²) in [5.74, 6) is 0. The molecule has 0 aliphatic carbocycles. The summed E-state index contributed by atoms with van der Waals surface area (Å²) in [5, 5.41) is 9.00. The van der Waals surface area contributed by atoms with Gasteiger partial charge in [0, 0.05) is 6.20 Å². The molecule has 5 heteroatoms. The maximum atomic E-state index is 8.88. The zero-order valence-electron chi connectivity index (χ0n) is 6.24. The fourth-order valence-electron chi connectivity index (χ4n) is 0.691. The second-order valence-corrected chi connectivity index (χ2v) is 2.94. The first-order chi connectivity index (χ1) is 5.11. The van der Waals surface area contributed by atoms with Gasteiger partial charge in [0.05, 0.1) is 5.02 Å². The number of halogens is 2. The number of aliphatic hydroxyl groups excluding tert-OH is 1. The maximum Gasteiger partial charge on any atom is 0.209 e. The first kappa shape index (κ1) is 11.6. The second kappa shape index (κ2) is 4.60. The Balaban J connectivity index is 0.00000121. The van der Waals surface area contributed by atoms with E-state index in [-0.39, 0.29) is 23.2 Å². The summed E-state index contributed by atoms with van der Waals surface area (Å²) in [6, 6.07) is 1.70. The summed E-state index contributed by atoms with van der Waals surface area (Å²) in [6.45, 7) is 1.86. The lowest BCUT2D eigenvalue weighted by Gasteiger charge is -1.99. The van der Waals surface area contributed by atoms with Crippen molar-refractivity contribution in [3.63, 3.8) is 0 Å². The van der Waals surface area contributed by atoms with Gasteiger partial charge < -0.3 is 5.11 Å². The number of rotatable bonds is 1. The van der Waals surface area contributed by atoms with Gasteiger partial charge in [-0.3, -0.25) is 4.98 Å². The van der Waals surface area contributed by atoms with Crippen molar-refractivity contribution in [3.8, 4) is 0 Å². The molecule has 0 saturated heterocycles. The van der Waals surface area contributed by atoms with E-state index in [2.05, 4.69) is 17.2 Å². The third-order valence-electron chi connectivity index (χ3n) is 1.18. The summed E-state index contributed by atoms with van der Waals surface area (Å²) < 4.78 is 0. The molecule has 0 fully saturated rings. The first-order valence-electron chi connectivity index (χ1n) is 2.96. The molecular formula is C7H7Cl2NOS. The zero-order valence-corrected chi connectivity index (χ0v) is 8.63. The van der Waals surface area contributed by atoms with Crippen molar-refractivity contribution < 1.29 is 5.11 Å². The van der Waals surface area contributed by atoms with E-state index < -0.39 is 0 Å². The van der Waals surface area contributed by atoms with Crippen molar-refractivity contribution in [2.24, 2.45) is 0 Å². The van der Waals surface area contributed by atoms with Crippen LogP contribution in [0, 0.1) is 6.92 Å². The third-order valence-corrected chi connectivity index (χ3v) is 1.66. The highest BCUT2D eigenvalue weighted by Gasteiger charge is 2.05. The smallest absolute Gasteiger partial charge is 0.209 e. The Morgan fingerprint density at radius 1 is 1.67 bits per heavy atom. The van der Waals surface area contributed by atoms with Crippen molar-refractivity contribution in [2.45, 2.75) is 6.92 Å². The van der Waals surface area contributed by atoms with E-state index in [4.69, 9.17) is 16.7 Å². The molecule has 1 N–H and O–H groups in total. The van der Waals surface area contributed by atoms with Crippen molar-refractivity contribution in [3.05, 3.63) is 28.5 Å². The van der Waals surface area contributed by atoms with Gasteiger partial charge in [-0.1, -0.05) is 11.6 Å². The predicted molar refractivity (Wildman–Crippen MR) is 55.6 cm³/mol. The molecule has 1 heterocycles. The van der Waals surface area contributed by atoms with E-state index in [0.29, 0.717) is 5.02 Å². The predicted octanol–water partition coefficient (Wildman–Crippen LogP) is 2.70. The normalized spacial score (nSPS) is 8.83. The summed E-state index contributed by atoms with van der Waals surface area (Å²) in [6.07, 6.45) is 1.60. The van der Waals surface area contributed by atoms with Crippen LogP contribution in [0.2, 0.25) is 5.02 Å². The van der Waals surface area contributed by atoms with Gasteiger partial charge >= 0.3 is 0 Å². The number of aromatic nitrogens is 1. The average molecular weight is 224 g/mol. The quantitative estimate of drug-likeness (QED) is 0.744. The van der Waals surface area contributed by atoms with Gasteiger partial charge in [0.15, 0.2) is 0 Å². The zero-order chi connectivity index (χ0) is 8.43. The van der Waals surface area contributed by atoms with Gasteiger partial charge in [0.2, 0.25) is 5.05 Å². The van der Waals surface area contributed by atoms with Gasteiger partial charge in [0.1, 0.15) is 5.69 Å². The van der Waals surface area contributed by atoms with Crippen molar-refractivity contribution in [1.29, 1.82) is 0 Å². The lowest BCUT2D eigenvalue weighted by Crippen LogP contribution is -1.99. The lowest BCUT2D eigenvalue weighted by atomic mass is 10.3. The minimum absolute atomic E-state index is 0. The van der Waals surface area contributed by atoms with Gasteiger partial charge in [-0.2, -0.15) is 0 Å². The van der Waals surface area contributed by atoms with E-state index >= 15 is 0 Å². The molecule has 2 nitrogen and oxygen atoms in total. The van der Waals surface area contributed by atoms with Gasteiger partial charge in [0.25, 0.3) is 0 Å². The number of aliphatic hydroxyl groups is 1. The Kier molecular flexibility index (Phi) is 4.45. The van der Waals surface area contributed by atoms with Crippen LogP contribution in [-0.2, 0) is 0 Å². The molecule has 0 aromatic carbocycles. The molecule has 0 aliphatic heterocycles. The van der Waals surface area contributed by atoms with Crippen LogP contribution in [-0.4, -0.2) is 15.1 Å². The van der Waals surface area contributed by atoms with E-state index in [1.54, 1.807) is 12.3 Å². The van der Waals surface area contributed by atoms with E-state index in [9.17, 15) is 0 Å². The number of hydrogen-bond acceptors (Lipinski definition) is 2. The van der Waals surface area contributed by atoms with Crippen LogP contribution < -0.4 is 0 Å². The molecule has 0 amide bonds. The minimum atomic E-state index is -0.269. The molecule has 0 saturated carbocycles. The standard InChI is InChI=1S/C7H6ClNOS.ClH/c1-4-2-5(8)6(7(10)11)9-3-4;/h2-3H,1H3,(H,10,11);1H. The van der Waals surface area contributed by atoms with Crippen LogP contribution in [0.5, 0.6) is 0 Å². The minimum Gasteiger partial charge on any atom is -0.497 e. The molecule has 0 aliphatic rings. The topological polar surface area (TPSA) is 33.1 Å². The van der Waals surface area contributed by atoms with Gasteiger partial charge in [-0.25, -0.2) is 0 Å². The van der Waals surface area contributed by atoms with E-state index in [1.807, 2.05) is 6.92 Å². The van der Waals surface area contributed by atoms with Crippen LogP contribution >= 0.6 is 36.2 Å². The molecule has 0 spiro atoms. The average Bonchev–Trinajstić information content (AvgIpc) is 1.85. The maximum absolute atomic E-state index is 8.88. The van der Waals surface area contributed by atoms with Crippen molar-refractivity contribution in [1.82, 2.24) is 4.98 Å². The molecule has 0 bridgehead atoms. The van der Waals surface area contributed by atoms with Gasteiger partial charge in [-0.05, 0) is 30.8 Å². The van der Waals surface area contributed by atoms with Crippen LogP contribution in [0.3, 0.4) is 0 Å². The Hall–Kier alpha value is -0.380. The van der Waals surface area contributed by atoms with Crippen LogP contribution in [0.25, 0.3) is 0 Å². The Morgan fingerprint density at radius 3 is 2.67 bits per heavy atom. The summed E-state index contributed by atoms with van der Waals surface area (Å²) >= 11 is 10.2. The Bertz CT molecular complexity index is 303. The van der Waals surface area contributed by atoms with Gasteiger partial charge in [-0.15, -0.1) is 12.4 Å². The lowest BCUT2D eigenvalue weighted by molar-refractivity contribution is 0.568. The molecule has 0 radical (unpaired) electrons. The molecule has 0 unspecified atom stereocenters. The highest BCUT2D eigenvalue weighted by atomic mass is 35.5. The Labute approximate surface area is 87.0 Å². The fourth-order valence-corrected chi connectivity index (χ4v) is 1.22. The highest BCUT2D eigenvalue weighted by Crippen LogP contribution is 2.14. The summed E-state index contributed by atoms with van der Waals surface area (Å²) in [7, 11) is 0. The molecule has 66 valence electrons. The fraction of sp³-hybridized carbons (Fsp3) is 0.143. The second-order valence-electron chi connectivity index (χ2n) is 2.15. The SMILES string of the molecule is Cc1cnc(C(O)=S)c(Cl)c1.Cl. The number of nitrogens with zero attached hydrogens (tertiary/aromatic N) is 1. The van der Waals surface area contributed by atoms with E-state index in [0.717, 1.165) is 5.56 Å². The molecule has 12 heavy (non-hydrogen) atoms. The highest BCUT2D eigenvalue weighted by molar-refractivity contribution is 7.80. The van der Waals surface area contributed by atoms with Crippen molar-refractivity contribution in [2.75, 3.05) is 0 Å². The van der Waals surface area contributed by atoms with Crippen LogP contribution in [0.15, 0.2) is 12.3 Å². The molecular weight excluding hydrogens is 217 g/mol.